The van der Waals surface area contributed by atoms with Crippen LogP contribution < -0.4 is 5.73 Å². The molecular weight excluding hydrogens is 286 g/mol. The molecule has 6 nitrogen and oxygen atoms in total. The van der Waals surface area contributed by atoms with Crippen LogP contribution in [0.4, 0.5) is 0 Å². The number of carbonyl (C=O) groups is 3. The SMILES string of the molecule is CC(C)(C)C(=O)OC(=O)C(C)(N)C(=O)OCc1ccccc1. The van der Waals surface area contributed by atoms with E-state index in [4.69, 9.17) is 10.5 Å². The molecule has 0 fully saturated rings. The van der Waals surface area contributed by atoms with E-state index in [0.29, 0.717) is 0 Å². The van der Waals surface area contributed by atoms with Crippen molar-refractivity contribution in [2.75, 3.05) is 0 Å². The van der Waals surface area contributed by atoms with Gasteiger partial charge in [0.1, 0.15) is 6.61 Å². The molecular formula is C16H21NO5. The van der Waals surface area contributed by atoms with Crippen LogP contribution in [0.2, 0.25) is 0 Å². The molecule has 0 aliphatic heterocycles. The van der Waals surface area contributed by atoms with Gasteiger partial charge in [-0.15, -0.1) is 0 Å². The molecule has 2 N–H and O–H groups in total. The molecule has 0 radical (unpaired) electrons. The van der Waals surface area contributed by atoms with Crippen LogP contribution in [0.25, 0.3) is 0 Å². The van der Waals surface area contributed by atoms with Crippen LogP contribution in [0.15, 0.2) is 30.3 Å². The van der Waals surface area contributed by atoms with Gasteiger partial charge in [-0.3, -0.25) is 4.79 Å². The molecule has 0 spiro atoms. The lowest BCUT2D eigenvalue weighted by Gasteiger charge is -2.22. The zero-order valence-corrected chi connectivity index (χ0v) is 13.2. The monoisotopic (exact) mass is 307 g/mol. The first-order valence-electron chi connectivity index (χ1n) is 6.82. The number of hydrogen-bond acceptors (Lipinski definition) is 6. The second-order valence-electron chi connectivity index (χ2n) is 6.19. The molecule has 22 heavy (non-hydrogen) atoms. The summed E-state index contributed by atoms with van der Waals surface area (Å²) in [7, 11) is 0. The van der Waals surface area contributed by atoms with E-state index in [9.17, 15) is 14.4 Å². The standard InChI is InChI=1S/C16H21NO5/c1-15(2,3)12(18)22-14(20)16(4,17)13(19)21-10-11-8-6-5-7-9-11/h5-9H,10,17H2,1-4H3. The van der Waals surface area contributed by atoms with Crippen molar-refractivity contribution in [3.05, 3.63) is 35.9 Å². The first-order valence-corrected chi connectivity index (χ1v) is 6.82. The maximum atomic E-state index is 12.0. The summed E-state index contributed by atoms with van der Waals surface area (Å²) in [5.41, 5.74) is 3.49. The highest BCUT2D eigenvalue weighted by Gasteiger charge is 2.43. The van der Waals surface area contributed by atoms with Crippen molar-refractivity contribution in [2.45, 2.75) is 39.8 Å². The fraction of sp³-hybridized carbons (Fsp3) is 0.438. The number of ether oxygens (including phenoxy) is 2. The Kier molecular flexibility index (Phi) is 5.43. The largest absolute Gasteiger partial charge is 0.459 e. The molecule has 6 heteroatoms. The van der Waals surface area contributed by atoms with Gasteiger partial charge >= 0.3 is 17.9 Å². The topological polar surface area (TPSA) is 95.7 Å². The third kappa shape index (κ3) is 4.66. The highest BCUT2D eigenvalue weighted by Crippen LogP contribution is 2.17. The maximum Gasteiger partial charge on any atom is 0.345 e. The first-order chi connectivity index (χ1) is 10.0. The van der Waals surface area contributed by atoms with Gasteiger partial charge in [-0.05, 0) is 33.3 Å². The summed E-state index contributed by atoms with van der Waals surface area (Å²) in [6, 6.07) is 8.95. The zero-order valence-electron chi connectivity index (χ0n) is 13.2. The Morgan fingerprint density at radius 1 is 0.955 bits per heavy atom. The molecule has 0 heterocycles. The molecule has 0 aromatic heterocycles. The van der Waals surface area contributed by atoms with Gasteiger partial charge in [0.2, 0.25) is 5.54 Å². The van der Waals surface area contributed by atoms with Crippen molar-refractivity contribution < 1.29 is 23.9 Å². The number of hydrogen-bond donors (Lipinski definition) is 1. The Labute approximate surface area is 129 Å². The van der Waals surface area contributed by atoms with E-state index in [-0.39, 0.29) is 6.61 Å². The summed E-state index contributed by atoms with van der Waals surface area (Å²) in [5, 5.41) is 0. The van der Waals surface area contributed by atoms with Crippen molar-refractivity contribution >= 4 is 17.9 Å². The van der Waals surface area contributed by atoms with Crippen LogP contribution in [0.1, 0.15) is 33.3 Å². The van der Waals surface area contributed by atoms with Crippen LogP contribution in [0, 0.1) is 5.41 Å². The Bertz CT molecular complexity index is 558. The molecule has 0 saturated carbocycles. The summed E-state index contributed by atoms with van der Waals surface area (Å²) in [6.07, 6.45) is 0. The van der Waals surface area contributed by atoms with Crippen LogP contribution in [-0.2, 0) is 30.5 Å². The third-order valence-corrected chi connectivity index (χ3v) is 2.86. The summed E-state index contributed by atoms with van der Waals surface area (Å²) in [6.45, 7) is 5.89. The predicted octanol–water partition coefficient (Wildman–Crippen LogP) is 1.56. The summed E-state index contributed by atoms with van der Waals surface area (Å²) in [4.78, 5) is 35.5. The Morgan fingerprint density at radius 2 is 1.50 bits per heavy atom. The molecule has 1 aromatic carbocycles. The average molecular weight is 307 g/mol. The van der Waals surface area contributed by atoms with Crippen molar-refractivity contribution in [3.63, 3.8) is 0 Å². The van der Waals surface area contributed by atoms with Gasteiger partial charge in [0, 0.05) is 0 Å². The smallest absolute Gasteiger partial charge is 0.345 e. The van der Waals surface area contributed by atoms with Gasteiger partial charge in [-0.1, -0.05) is 30.3 Å². The normalized spacial score (nSPS) is 13.9. The fourth-order valence-corrected chi connectivity index (χ4v) is 1.30. The van der Waals surface area contributed by atoms with Gasteiger partial charge in [-0.25, -0.2) is 9.59 Å². The molecule has 0 aliphatic rings. The molecule has 1 atom stereocenters. The van der Waals surface area contributed by atoms with Crippen molar-refractivity contribution in [1.82, 2.24) is 0 Å². The minimum atomic E-state index is -2.05. The minimum absolute atomic E-state index is 0.0209. The van der Waals surface area contributed by atoms with E-state index in [2.05, 4.69) is 4.74 Å². The molecule has 0 saturated heterocycles. The molecule has 1 aromatic rings. The van der Waals surface area contributed by atoms with Gasteiger partial charge in [-0.2, -0.15) is 0 Å². The van der Waals surface area contributed by atoms with E-state index >= 15 is 0 Å². The quantitative estimate of drug-likeness (QED) is 0.670. The van der Waals surface area contributed by atoms with Crippen molar-refractivity contribution in [2.24, 2.45) is 11.1 Å². The van der Waals surface area contributed by atoms with Crippen LogP contribution >= 0.6 is 0 Å². The molecule has 0 bridgehead atoms. The Morgan fingerprint density at radius 3 is 2.00 bits per heavy atom. The molecule has 1 unspecified atom stereocenters. The third-order valence-electron chi connectivity index (χ3n) is 2.86. The lowest BCUT2D eigenvalue weighted by atomic mass is 9.97. The van der Waals surface area contributed by atoms with Gasteiger partial charge in [0.05, 0.1) is 5.41 Å². The van der Waals surface area contributed by atoms with E-state index in [1.807, 2.05) is 6.07 Å². The number of nitrogens with two attached hydrogens (primary N) is 1. The summed E-state index contributed by atoms with van der Waals surface area (Å²) >= 11 is 0. The van der Waals surface area contributed by atoms with E-state index in [0.717, 1.165) is 12.5 Å². The minimum Gasteiger partial charge on any atom is -0.459 e. The van der Waals surface area contributed by atoms with Crippen LogP contribution in [0.5, 0.6) is 0 Å². The molecule has 120 valence electrons. The van der Waals surface area contributed by atoms with E-state index in [1.165, 1.54) is 0 Å². The molecule has 1 rings (SSSR count). The molecule has 0 aliphatic carbocycles. The van der Waals surface area contributed by atoms with Crippen molar-refractivity contribution in [3.8, 4) is 0 Å². The number of carbonyl (C=O) groups excluding carboxylic acids is 3. The number of rotatable bonds is 4. The number of esters is 3. The second-order valence-corrected chi connectivity index (χ2v) is 6.19. The fourth-order valence-electron chi connectivity index (χ4n) is 1.30. The van der Waals surface area contributed by atoms with Gasteiger partial charge < -0.3 is 15.2 Å². The lowest BCUT2D eigenvalue weighted by molar-refractivity contribution is -0.173. The Hall–Kier alpha value is -2.21. The predicted molar refractivity (Wildman–Crippen MR) is 79.4 cm³/mol. The van der Waals surface area contributed by atoms with E-state index < -0.39 is 28.9 Å². The second kappa shape index (κ2) is 6.70. The summed E-state index contributed by atoms with van der Waals surface area (Å²) < 4.78 is 9.65. The molecule has 0 amide bonds. The highest BCUT2D eigenvalue weighted by atomic mass is 16.6. The number of benzene rings is 1. The zero-order chi connectivity index (χ0) is 17.0. The summed E-state index contributed by atoms with van der Waals surface area (Å²) in [5.74, 6) is -2.85. The van der Waals surface area contributed by atoms with Crippen molar-refractivity contribution in [1.29, 1.82) is 0 Å². The van der Waals surface area contributed by atoms with Gasteiger partial charge in [0.25, 0.3) is 0 Å². The van der Waals surface area contributed by atoms with Crippen LogP contribution in [0.3, 0.4) is 0 Å². The highest BCUT2D eigenvalue weighted by molar-refractivity contribution is 6.07. The van der Waals surface area contributed by atoms with Crippen LogP contribution in [-0.4, -0.2) is 23.4 Å². The average Bonchev–Trinajstić information content (AvgIpc) is 2.44. The van der Waals surface area contributed by atoms with E-state index in [1.54, 1.807) is 45.0 Å². The first kappa shape index (κ1) is 17.8. The Balaban J connectivity index is 2.66. The van der Waals surface area contributed by atoms with Gasteiger partial charge in [0.15, 0.2) is 0 Å². The maximum absolute atomic E-state index is 12.0. The lowest BCUT2D eigenvalue weighted by Crippen LogP contribution is -2.55.